The van der Waals surface area contributed by atoms with Crippen molar-refractivity contribution < 1.29 is 29.0 Å². The van der Waals surface area contributed by atoms with Gasteiger partial charge >= 0.3 is 5.97 Å². The summed E-state index contributed by atoms with van der Waals surface area (Å²) < 4.78 is 10.8. The minimum Gasteiger partial charge on any atom is -0.507 e. The van der Waals surface area contributed by atoms with Crippen LogP contribution in [0.2, 0.25) is 0 Å². The van der Waals surface area contributed by atoms with Gasteiger partial charge in [-0.2, -0.15) is 0 Å². The summed E-state index contributed by atoms with van der Waals surface area (Å²) in [5.41, 5.74) is 3.75. The van der Waals surface area contributed by atoms with E-state index in [0.29, 0.717) is 23.2 Å². The van der Waals surface area contributed by atoms with Crippen molar-refractivity contribution >= 4 is 29.1 Å². The van der Waals surface area contributed by atoms with Crippen molar-refractivity contribution in [2.75, 3.05) is 11.5 Å². The van der Waals surface area contributed by atoms with Crippen LogP contribution in [-0.4, -0.2) is 35.5 Å². The number of aryl methyl sites for hydroxylation is 1. The molecule has 0 saturated carbocycles. The largest absolute Gasteiger partial charge is 0.507 e. The van der Waals surface area contributed by atoms with E-state index in [1.165, 1.54) is 4.90 Å². The lowest BCUT2D eigenvalue weighted by Gasteiger charge is -2.26. The summed E-state index contributed by atoms with van der Waals surface area (Å²) in [5, 5.41) is 11.4. The molecule has 2 aliphatic heterocycles. The van der Waals surface area contributed by atoms with E-state index < -0.39 is 23.7 Å². The summed E-state index contributed by atoms with van der Waals surface area (Å²) in [7, 11) is 0. The molecule has 1 fully saturated rings. The van der Waals surface area contributed by atoms with E-state index in [-0.39, 0.29) is 24.0 Å². The van der Waals surface area contributed by atoms with Crippen molar-refractivity contribution in [1.82, 2.24) is 0 Å². The Hall–Kier alpha value is -4.39. The molecule has 7 nitrogen and oxygen atoms in total. The van der Waals surface area contributed by atoms with Gasteiger partial charge in [-0.3, -0.25) is 14.5 Å². The average Bonchev–Trinajstić information content (AvgIpc) is 3.39. The number of ketones is 1. The number of hydrogen-bond acceptors (Lipinski definition) is 6. The number of carbonyl (C=O) groups excluding carboxylic acids is 3. The second-order valence-corrected chi connectivity index (χ2v) is 9.25. The summed E-state index contributed by atoms with van der Waals surface area (Å²) in [6, 6.07) is 18.2. The Labute approximate surface area is 214 Å². The zero-order valence-electron chi connectivity index (χ0n) is 20.9. The number of esters is 1. The summed E-state index contributed by atoms with van der Waals surface area (Å²) in [6.07, 6.45) is 0.723. The normalized spacial score (nSPS) is 20.0. The topological polar surface area (TPSA) is 93.1 Å². The van der Waals surface area contributed by atoms with Crippen molar-refractivity contribution in [3.05, 3.63) is 100 Å². The van der Waals surface area contributed by atoms with Crippen LogP contribution in [0.25, 0.3) is 5.76 Å². The highest BCUT2D eigenvalue weighted by atomic mass is 16.5. The van der Waals surface area contributed by atoms with Crippen LogP contribution in [0.15, 0.2) is 72.3 Å². The van der Waals surface area contributed by atoms with Crippen molar-refractivity contribution in [3.63, 3.8) is 0 Å². The highest BCUT2D eigenvalue weighted by Gasteiger charge is 2.47. The van der Waals surface area contributed by atoms with Gasteiger partial charge in [0.2, 0.25) is 0 Å². The predicted octanol–water partition coefficient (Wildman–Crippen LogP) is 5.12. The summed E-state index contributed by atoms with van der Waals surface area (Å²) in [4.78, 5) is 40.4. The lowest BCUT2D eigenvalue weighted by Crippen LogP contribution is -2.29. The molecular weight excluding hydrogens is 470 g/mol. The van der Waals surface area contributed by atoms with Crippen LogP contribution < -0.4 is 9.64 Å². The standard InChI is InChI=1S/C30H27NO6/c1-4-36-30(35)19-9-12-22(13-10-19)31-26(23-8-6-5-7-17(23)2)25(28(33)29(31)34)27(32)20-11-14-24-21(16-20)15-18(3)37-24/h5-14,16,18,26,32H,4,15H2,1-3H3/b27-25+. The molecule has 0 aliphatic carbocycles. The molecule has 2 heterocycles. The number of aliphatic hydroxyl groups is 1. The van der Waals surface area contributed by atoms with E-state index >= 15 is 0 Å². The van der Waals surface area contributed by atoms with Crippen LogP contribution in [0.1, 0.15) is 52.5 Å². The van der Waals surface area contributed by atoms with Gasteiger partial charge < -0.3 is 14.6 Å². The van der Waals surface area contributed by atoms with Gasteiger partial charge in [0, 0.05) is 17.7 Å². The number of carbonyl (C=O) groups is 3. The lowest BCUT2D eigenvalue weighted by atomic mass is 9.92. The number of Topliss-reactive ketones (excluding diaryl/α,β-unsaturated/α-hetero) is 1. The molecule has 37 heavy (non-hydrogen) atoms. The van der Waals surface area contributed by atoms with Gasteiger partial charge in [0.05, 0.1) is 23.8 Å². The van der Waals surface area contributed by atoms with E-state index in [4.69, 9.17) is 9.47 Å². The van der Waals surface area contributed by atoms with E-state index in [0.717, 1.165) is 22.4 Å². The Morgan fingerprint density at radius 3 is 2.46 bits per heavy atom. The number of anilines is 1. The number of ether oxygens (including phenoxy) is 2. The molecule has 188 valence electrons. The first-order chi connectivity index (χ1) is 17.8. The van der Waals surface area contributed by atoms with Crippen molar-refractivity contribution in [1.29, 1.82) is 0 Å². The van der Waals surface area contributed by atoms with Gasteiger partial charge in [0.25, 0.3) is 11.7 Å². The number of nitrogens with zero attached hydrogens (tertiary/aromatic N) is 1. The van der Waals surface area contributed by atoms with Crippen LogP contribution >= 0.6 is 0 Å². The highest BCUT2D eigenvalue weighted by molar-refractivity contribution is 6.51. The van der Waals surface area contributed by atoms with Crippen LogP contribution in [0.4, 0.5) is 5.69 Å². The number of fused-ring (bicyclic) bond motifs is 1. The summed E-state index contributed by atoms with van der Waals surface area (Å²) in [6.45, 7) is 5.84. The van der Waals surface area contributed by atoms with Crippen LogP contribution in [0, 0.1) is 6.92 Å². The Kier molecular flexibility index (Phi) is 6.29. The van der Waals surface area contributed by atoms with Gasteiger partial charge in [0.15, 0.2) is 0 Å². The fourth-order valence-electron chi connectivity index (χ4n) is 4.98. The van der Waals surface area contributed by atoms with Crippen molar-refractivity contribution in [2.45, 2.75) is 39.3 Å². The molecule has 2 atom stereocenters. The predicted molar refractivity (Wildman–Crippen MR) is 139 cm³/mol. The second kappa shape index (κ2) is 9.58. The lowest BCUT2D eigenvalue weighted by molar-refractivity contribution is -0.132. The SMILES string of the molecule is CCOC(=O)c1ccc(N2C(=O)C(=O)/C(=C(/O)c3ccc4c(c3)CC(C)O4)C2c2ccccc2C)cc1. The molecule has 3 aromatic rings. The maximum Gasteiger partial charge on any atom is 0.338 e. The van der Waals surface area contributed by atoms with Gasteiger partial charge in [-0.05, 0) is 79.9 Å². The number of rotatable bonds is 5. The smallest absolute Gasteiger partial charge is 0.338 e. The molecule has 0 aromatic heterocycles. The zero-order valence-corrected chi connectivity index (χ0v) is 20.9. The maximum absolute atomic E-state index is 13.4. The van der Waals surface area contributed by atoms with Gasteiger partial charge in [-0.25, -0.2) is 4.79 Å². The molecule has 0 spiro atoms. The summed E-state index contributed by atoms with van der Waals surface area (Å²) >= 11 is 0. The molecule has 3 aromatic carbocycles. The molecule has 5 rings (SSSR count). The van der Waals surface area contributed by atoms with Crippen molar-refractivity contribution in [2.24, 2.45) is 0 Å². The zero-order chi connectivity index (χ0) is 26.3. The maximum atomic E-state index is 13.4. The van der Waals surface area contributed by atoms with Gasteiger partial charge in [-0.1, -0.05) is 24.3 Å². The van der Waals surface area contributed by atoms with Crippen LogP contribution in [0.5, 0.6) is 5.75 Å². The minimum absolute atomic E-state index is 0.0145. The minimum atomic E-state index is -0.849. The van der Waals surface area contributed by atoms with E-state index in [2.05, 4.69) is 0 Å². The fourth-order valence-corrected chi connectivity index (χ4v) is 4.98. The third-order valence-corrected chi connectivity index (χ3v) is 6.75. The number of amides is 1. The molecule has 2 unspecified atom stereocenters. The van der Waals surface area contributed by atoms with E-state index in [1.54, 1.807) is 43.3 Å². The van der Waals surface area contributed by atoms with E-state index in [1.807, 2.05) is 44.2 Å². The molecular formula is C30H27NO6. The Morgan fingerprint density at radius 2 is 1.76 bits per heavy atom. The second-order valence-electron chi connectivity index (χ2n) is 9.25. The summed E-state index contributed by atoms with van der Waals surface area (Å²) in [5.74, 6) is -1.48. The number of hydrogen-bond donors (Lipinski definition) is 1. The molecule has 1 N–H and O–H groups in total. The molecule has 1 amide bonds. The molecule has 0 bridgehead atoms. The molecule has 0 radical (unpaired) electrons. The first-order valence-electron chi connectivity index (χ1n) is 12.2. The Morgan fingerprint density at radius 1 is 1.05 bits per heavy atom. The quantitative estimate of drug-likeness (QED) is 0.228. The third kappa shape index (κ3) is 4.27. The number of benzene rings is 3. The van der Waals surface area contributed by atoms with Crippen LogP contribution in [-0.2, 0) is 20.7 Å². The van der Waals surface area contributed by atoms with E-state index in [9.17, 15) is 19.5 Å². The average molecular weight is 498 g/mol. The van der Waals surface area contributed by atoms with Gasteiger partial charge in [0.1, 0.15) is 17.6 Å². The van der Waals surface area contributed by atoms with Crippen LogP contribution in [0.3, 0.4) is 0 Å². The fraction of sp³-hybridized carbons (Fsp3) is 0.233. The first-order valence-corrected chi connectivity index (χ1v) is 12.2. The third-order valence-electron chi connectivity index (χ3n) is 6.75. The molecule has 7 heteroatoms. The monoisotopic (exact) mass is 497 g/mol. The van der Waals surface area contributed by atoms with Crippen molar-refractivity contribution in [3.8, 4) is 5.75 Å². The first kappa shape index (κ1) is 24.3. The Balaban J connectivity index is 1.64. The highest BCUT2D eigenvalue weighted by Crippen LogP contribution is 2.43. The molecule has 1 saturated heterocycles. The van der Waals surface area contributed by atoms with Gasteiger partial charge in [-0.15, -0.1) is 0 Å². The molecule has 2 aliphatic rings. The Bertz CT molecular complexity index is 1440. The number of aliphatic hydroxyl groups excluding tert-OH is 1.